The molecule has 118 valence electrons. The molecule has 1 N–H and O–H groups in total. The Labute approximate surface area is 136 Å². The zero-order valence-electron chi connectivity index (χ0n) is 12.8. The first-order chi connectivity index (χ1) is 11.6. The smallest absolute Gasteiger partial charge is 0.267 e. The second-order valence-corrected chi connectivity index (χ2v) is 5.51. The maximum absolute atomic E-state index is 13.3. The van der Waals surface area contributed by atoms with E-state index in [1.165, 1.54) is 16.5 Å². The molecular formula is C18H13FN4O. The van der Waals surface area contributed by atoms with Crippen LogP contribution in [-0.2, 0) is 0 Å². The van der Waals surface area contributed by atoms with Gasteiger partial charge in [0, 0.05) is 29.8 Å². The summed E-state index contributed by atoms with van der Waals surface area (Å²) in [6, 6.07) is 9.43. The Morgan fingerprint density at radius 1 is 1.04 bits per heavy atom. The van der Waals surface area contributed by atoms with Crippen molar-refractivity contribution in [1.29, 1.82) is 0 Å². The molecule has 0 saturated heterocycles. The summed E-state index contributed by atoms with van der Waals surface area (Å²) in [5.74, 6) is 0.117. The van der Waals surface area contributed by atoms with Crippen molar-refractivity contribution < 1.29 is 4.39 Å². The molecule has 0 amide bonds. The van der Waals surface area contributed by atoms with E-state index in [1.807, 2.05) is 6.92 Å². The fraction of sp³-hybridized carbons (Fsp3) is 0.0556. The highest BCUT2D eigenvalue weighted by atomic mass is 19.1. The van der Waals surface area contributed by atoms with Crippen LogP contribution in [0.15, 0.2) is 59.8 Å². The highest BCUT2D eigenvalue weighted by molar-refractivity contribution is 5.81. The summed E-state index contributed by atoms with van der Waals surface area (Å²) < 4.78 is 14.7. The monoisotopic (exact) mass is 320 g/mol. The minimum absolute atomic E-state index is 0.206. The number of hydrogen-bond acceptors (Lipinski definition) is 3. The molecule has 0 bridgehead atoms. The normalized spacial score (nSPS) is 11.1. The van der Waals surface area contributed by atoms with Gasteiger partial charge in [0.2, 0.25) is 5.78 Å². The number of H-pyrrole nitrogens is 1. The van der Waals surface area contributed by atoms with E-state index in [4.69, 9.17) is 0 Å². The average Bonchev–Trinajstić information content (AvgIpc) is 2.97. The fourth-order valence-electron chi connectivity index (χ4n) is 2.74. The minimum atomic E-state index is -0.351. The number of pyridine rings is 1. The van der Waals surface area contributed by atoms with Crippen LogP contribution in [0.4, 0.5) is 4.39 Å². The number of nitrogens with one attached hydrogen (secondary N) is 1. The van der Waals surface area contributed by atoms with Crippen molar-refractivity contribution >= 4 is 5.78 Å². The Balaban J connectivity index is 2.10. The van der Waals surface area contributed by atoms with Gasteiger partial charge in [0.05, 0.1) is 11.3 Å². The number of aromatic nitrogens is 4. The lowest BCUT2D eigenvalue weighted by molar-refractivity contribution is 0.628. The van der Waals surface area contributed by atoms with Gasteiger partial charge >= 0.3 is 0 Å². The van der Waals surface area contributed by atoms with Gasteiger partial charge in [0.15, 0.2) is 0 Å². The van der Waals surface area contributed by atoms with Gasteiger partial charge in [-0.2, -0.15) is 0 Å². The van der Waals surface area contributed by atoms with Crippen LogP contribution in [0.5, 0.6) is 0 Å². The van der Waals surface area contributed by atoms with Crippen molar-refractivity contribution in [2.75, 3.05) is 0 Å². The van der Waals surface area contributed by atoms with E-state index in [2.05, 4.69) is 15.0 Å². The fourth-order valence-corrected chi connectivity index (χ4v) is 2.74. The van der Waals surface area contributed by atoms with Crippen LogP contribution >= 0.6 is 0 Å². The Bertz CT molecular complexity index is 1080. The molecule has 4 aromatic rings. The standard InChI is InChI=1S/C18H13FN4O/c1-11-10-23-17(24)15(12-2-4-14(19)5-3-12)16(22-18(23)21-11)13-6-8-20-9-7-13/h2-10H,1H3,(H,21,22). The van der Waals surface area contributed by atoms with Gasteiger partial charge in [-0.1, -0.05) is 12.1 Å². The Hall–Kier alpha value is -3.28. The quantitative estimate of drug-likeness (QED) is 0.617. The van der Waals surface area contributed by atoms with Crippen LogP contribution in [0.2, 0.25) is 0 Å². The zero-order valence-corrected chi connectivity index (χ0v) is 12.8. The van der Waals surface area contributed by atoms with Crippen molar-refractivity contribution in [1.82, 2.24) is 19.4 Å². The van der Waals surface area contributed by atoms with Gasteiger partial charge in [0.25, 0.3) is 5.56 Å². The van der Waals surface area contributed by atoms with Gasteiger partial charge in [0.1, 0.15) is 5.82 Å². The van der Waals surface area contributed by atoms with Crippen LogP contribution in [0, 0.1) is 12.7 Å². The largest absolute Gasteiger partial charge is 0.328 e. The van der Waals surface area contributed by atoms with Crippen LogP contribution in [0.1, 0.15) is 5.69 Å². The first-order valence-corrected chi connectivity index (χ1v) is 7.42. The molecule has 0 radical (unpaired) electrons. The maximum Gasteiger partial charge on any atom is 0.267 e. The topological polar surface area (TPSA) is 63.1 Å². The Morgan fingerprint density at radius 2 is 1.75 bits per heavy atom. The molecule has 0 spiro atoms. The first kappa shape index (κ1) is 14.3. The molecule has 3 heterocycles. The van der Waals surface area contributed by atoms with Gasteiger partial charge in [-0.25, -0.2) is 9.37 Å². The number of fused-ring (bicyclic) bond motifs is 1. The molecule has 3 aromatic heterocycles. The number of nitrogens with zero attached hydrogens (tertiary/aromatic N) is 3. The summed E-state index contributed by atoms with van der Waals surface area (Å²) in [7, 11) is 0. The number of rotatable bonds is 2. The molecule has 0 unspecified atom stereocenters. The van der Waals surface area contributed by atoms with E-state index >= 15 is 0 Å². The first-order valence-electron chi connectivity index (χ1n) is 7.42. The lowest BCUT2D eigenvalue weighted by Gasteiger charge is -2.09. The highest BCUT2D eigenvalue weighted by Gasteiger charge is 2.17. The number of aryl methyl sites for hydroxylation is 1. The van der Waals surface area contributed by atoms with Gasteiger partial charge in [-0.15, -0.1) is 0 Å². The maximum atomic E-state index is 13.3. The second-order valence-electron chi connectivity index (χ2n) is 5.51. The van der Waals surface area contributed by atoms with E-state index in [9.17, 15) is 9.18 Å². The lowest BCUT2D eigenvalue weighted by atomic mass is 10.0. The molecule has 0 fully saturated rings. The third-order valence-electron chi connectivity index (χ3n) is 3.83. The SMILES string of the molecule is Cc1cn2c(=O)c(-c3ccc(F)cc3)c(-c3ccncc3)nc2[nH]1. The van der Waals surface area contributed by atoms with Crippen molar-refractivity contribution in [3.05, 3.63) is 76.9 Å². The number of aromatic amines is 1. The van der Waals surface area contributed by atoms with Crippen LogP contribution in [0.25, 0.3) is 28.2 Å². The minimum Gasteiger partial charge on any atom is -0.328 e. The number of hydrogen-bond donors (Lipinski definition) is 1. The summed E-state index contributed by atoms with van der Waals surface area (Å²) in [5.41, 5.74) is 2.98. The van der Waals surface area contributed by atoms with E-state index in [1.54, 1.807) is 42.9 Å². The predicted octanol–water partition coefficient (Wildman–Crippen LogP) is 3.20. The van der Waals surface area contributed by atoms with Crippen LogP contribution in [0.3, 0.4) is 0 Å². The zero-order chi connectivity index (χ0) is 16.7. The van der Waals surface area contributed by atoms with Crippen molar-refractivity contribution in [3.8, 4) is 22.4 Å². The summed E-state index contributed by atoms with van der Waals surface area (Å²) in [5, 5.41) is 0. The predicted molar refractivity (Wildman–Crippen MR) is 89.2 cm³/mol. The molecule has 4 rings (SSSR count). The third-order valence-corrected chi connectivity index (χ3v) is 3.83. The number of halogens is 1. The van der Waals surface area contributed by atoms with Gasteiger partial charge < -0.3 is 4.98 Å². The average molecular weight is 320 g/mol. The van der Waals surface area contributed by atoms with E-state index < -0.39 is 0 Å². The second kappa shape index (κ2) is 5.42. The number of benzene rings is 1. The third kappa shape index (κ3) is 2.28. The molecule has 0 aliphatic carbocycles. The molecular weight excluding hydrogens is 307 g/mol. The molecule has 0 aliphatic heterocycles. The molecule has 5 nitrogen and oxygen atoms in total. The van der Waals surface area contributed by atoms with Crippen molar-refractivity contribution in [3.63, 3.8) is 0 Å². The Morgan fingerprint density at radius 3 is 2.46 bits per heavy atom. The van der Waals surface area contributed by atoms with E-state index in [0.29, 0.717) is 22.6 Å². The molecule has 0 aliphatic rings. The lowest BCUT2D eigenvalue weighted by Crippen LogP contribution is -2.17. The van der Waals surface area contributed by atoms with Gasteiger partial charge in [-0.05, 0) is 36.8 Å². The summed E-state index contributed by atoms with van der Waals surface area (Å²) in [6.07, 6.45) is 4.99. The van der Waals surface area contributed by atoms with Gasteiger partial charge in [-0.3, -0.25) is 14.2 Å². The molecule has 1 aromatic carbocycles. The number of imidazole rings is 1. The molecule has 6 heteroatoms. The van der Waals surface area contributed by atoms with Crippen molar-refractivity contribution in [2.45, 2.75) is 6.92 Å². The summed E-state index contributed by atoms with van der Waals surface area (Å²) in [4.78, 5) is 24.7. The van der Waals surface area contributed by atoms with E-state index in [0.717, 1.165) is 11.3 Å². The summed E-state index contributed by atoms with van der Waals surface area (Å²) >= 11 is 0. The van der Waals surface area contributed by atoms with Crippen LogP contribution in [-0.4, -0.2) is 19.4 Å². The summed E-state index contributed by atoms with van der Waals surface area (Å²) in [6.45, 7) is 1.86. The molecule has 0 atom stereocenters. The Kier molecular flexibility index (Phi) is 3.23. The van der Waals surface area contributed by atoms with E-state index in [-0.39, 0.29) is 11.4 Å². The van der Waals surface area contributed by atoms with Crippen LogP contribution < -0.4 is 5.56 Å². The highest BCUT2D eigenvalue weighted by Crippen LogP contribution is 2.28. The molecule has 24 heavy (non-hydrogen) atoms. The van der Waals surface area contributed by atoms with Crippen molar-refractivity contribution in [2.24, 2.45) is 0 Å². The molecule has 0 saturated carbocycles.